The number of fused-ring (bicyclic) bond motifs is 2. The fourth-order valence-electron chi connectivity index (χ4n) is 3.47. The molecule has 1 aliphatic heterocycles. The van der Waals surface area contributed by atoms with Crippen LogP contribution < -0.4 is 0 Å². The number of benzene rings is 1. The lowest BCUT2D eigenvalue weighted by Crippen LogP contribution is -2.53. The van der Waals surface area contributed by atoms with Crippen molar-refractivity contribution in [1.82, 2.24) is 4.90 Å². The molecule has 6 nitrogen and oxygen atoms in total. The highest BCUT2D eigenvalue weighted by Gasteiger charge is 2.44. The average Bonchev–Trinajstić information content (AvgIpc) is 2.68. The quantitative estimate of drug-likeness (QED) is 0.616. The molecular weight excluding hydrogens is 334 g/mol. The van der Waals surface area contributed by atoms with Crippen molar-refractivity contribution in [1.29, 1.82) is 0 Å². The Kier molecular flexibility index (Phi) is 5.21. The molecule has 1 fully saturated rings. The van der Waals surface area contributed by atoms with Crippen LogP contribution in [0.5, 0.6) is 0 Å². The van der Waals surface area contributed by atoms with Crippen LogP contribution >= 0.6 is 0 Å². The van der Waals surface area contributed by atoms with Gasteiger partial charge in [0, 0.05) is 18.0 Å². The van der Waals surface area contributed by atoms with Crippen molar-refractivity contribution in [2.45, 2.75) is 26.0 Å². The molecule has 1 saturated heterocycles. The Morgan fingerprint density at radius 2 is 2.00 bits per heavy atom. The maximum absolute atomic E-state index is 12.6. The number of nitrogens with zero attached hydrogens (tertiary/aromatic N) is 1. The van der Waals surface area contributed by atoms with Gasteiger partial charge in [0.05, 0.1) is 13.2 Å². The second-order valence-electron chi connectivity index (χ2n) is 6.33. The van der Waals surface area contributed by atoms with E-state index < -0.39 is 18.1 Å². The van der Waals surface area contributed by atoms with E-state index in [2.05, 4.69) is 0 Å². The number of ether oxygens (including phenoxy) is 2. The summed E-state index contributed by atoms with van der Waals surface area (Å²) in [6.45, 7) is 2.27. The molecule has 2 bridgehead atoms. The number of likely N-dealkylation sites (tertiary alicyclic amines) is 1. The van der Waals surface area contributed by atoms with Crippen molar-refractivity contribution in [2.24, 2.45) is 5.92 Å². The number of ketones is 1. The number of rotatable bonds is 3. The average molecular weight is 355 g/mol. The Bertz CT molecular complexity index is 781. The Hall–Kier alpha value is -2.89. The van der Waals surface area contributed by atoms with Crippen LogP contribution in [0.2, 0.25) is 0 Å². The van der Waals surface area contributed by atoms with Crippen LogP contribution in [-0.4, -0.2) is 42.4 Å². The Labute approximate surface area is 152 Å². The predicted octanol–water partition coefficient (Wildman–Crippen LogP) is 2.64. The lowest BCUT2D eigenvalue weighted by atomic mass is 9.75. The van der Waals surface area contributed by atoms with Crippen molar-refractivity contribution in [3.05, 3.63) is 59.2 Å². The smallest absolute Gasteiger partial charge is 0.411 e. The summed E-state index contributed by atoms with van der Waals surface area (Å²) < 4.78 is 10.2. The third kappa shape index (κ3) is 3.40. The van der Waals surface area contributed by atoms with Gasteiger partial charge in [-0.2, -0.15) is 0 Å². The van der Waals surface area contributed by atoms with E-state index in [1.54, 1.807) is 0 Å². The van der Waals surface area contributed by atoms with Gasteiger partial charge in [-0.05, 0) is 30.6 Å². The van der Waals surface area contributed by atoms with Gasteiger partial charge in [-0.15, -0.1) is 0 Å². The highest BCUT2D eigenvalue weighted by molar-refractivity contribution is 6.05. The normalized spacial score (nSPS) is 23.5. The van der Waals surface area contributed by atoms with E-state index in [9.17, 15) is 14.4 Å². The standard InChI is InChI=1S/C20H21NO5/c1-3-14-11-21(20(24)26-12-13-7-5-4-6-8-13)17-9-15(14)16(10-18(17)22)19(23)25-2/h3-8,10,15,17H,9,11-12H2,1-2H3/b14-3+/t15-,17-/m0/s1. The van der Waals surface area contributed by atoms with Crippen LogP contribution in [0.4, 0.5) is 4.79 Å². The Morgan fingerprint density at radius 1 is 1.27 bits per heavy atom. The van der Waals surface area contributed by atoms with Crippen LogP contribution in [0.25, 0.3) is 0 Å². The van der Waals surface area contributed by atoms with Crippen molar-refractivity contribution in [3.63, 3.8) is 0 Å². The van der Waals surface area contributed by atoms with Gasteiger partial charge in [-0.3, -0.25) is 9.69 Å². The molecule has 6 heteroatoms. The predicted molar refractivity (Wildman–Crippen MR) is 94.1 cm³/mol. The summed E-state index contributed by atoms with van der Waals surface area (Å²) in [7, 11) is 1.30. The molecule has 1 aliphatic carbocycles. The van der Waals surface area contributed by atoms with E-state index in [1.165, 1.54) is 18.1 Å². The van der Waals surface area contributed by atoms with E-state index in [4.69, 9.17) is 9.47 Å². The maximum atomic E-state index is 12.6. The summed E-state index contributed by atoms with van der Waals surface area (Å²) in [5.74, 6) is -0.969. The second-order valence-corrected chi connectivity index (χ2v) is 6.33. The molecule has 1 amide bonds. The molecular formula is C20H21NO5. The number of hydrogen-bond donors (Lipinski definition) is 0. The minimum atomic E-state index is -0.611. The molecule has 0 saturated carbocycles. The molecule has 0 unspecified atom stereocenters. The first-order valence-corrected chi connectivity index (χ1v) is 8.51. The molecule has 0 radical (unpaired) electrons. The van der Waals surface area contributed by atoms with Crippen LogP contribution in [0.15, 0.2) is 53.6 Å². The fraction of sp³-hybridized carbons (Fsp3) is 0.350. The Balaban J connectivity index is 1.78. The van der Waals surface area contributed by atoms with Crippen molar-refractivity contribution >= 4 is 17.8 Å². The van der Waals surface area contributed by atoms with Gasteiger partial charge in [-0.1, -0.05) is 36.4 Å². The number of piperidine rings is 1. The third-order valence-corrected chi connectivity index (χ3v) is 4.87. The van der Waals surface area contributed by atoms with Crippen LogP contribution in [-0.2, 0) is 25.7 Å². The van der Waals surface area contributed by atoms with Crippen LogP contribution in [0.1, 0.15) is 18.9 Å². The van der Waals surface area contributed by atoms with E-state index in [1.807, 2.05) is 43.3 Å². The zero-order valence-corrected chi connectivity index (χ0v) is 14.8. The van der Waals surface area contributed by atoms with Gasteiger partial charge in [0.1, 0.15) is 6.61 Å². The molecule has 3 rings (SSSR count). The molecule has 2 atom stereocenters. The van der Waals surface area contributed by atoms with Crippen LogP contribution in [0, 0.1) is 5.92 Å². The molecule has 0 aromatic heterocycles. The van der Waals surface area contributed by atoms with Gasteiger partial charge in [0.2, 0.25) is 0 Å². The minimum Gasteiger partial charge on any atom is -0.466 e. The first kappa shape index (κ1) is 17.9. The minimum absolute atomic E-state index is 0.148. The molecule has 1 aromatic carbocycles. The molecule has 0 N–H and O–H groups in total. The van der Waals surface area contributed by atoms with E-state index in [0.29, 0.717) is 12.0 Å². The number of methoxy groups -OCH3 is 1. The third-order valence-electron chi connectivity index (χ3n) is 4.87. The zero-order chi connectivity index (χ0) is 18.7. The molecule has 2 aliphatic rings. The van der Waals surface area contributed by atoms with Crippen molar-refractivity contribution in [2.75, 3.05) is 13.7 Å². The summed E-state index contributed by atoms with van der Waals surface area (Å²) in [5, 5.41) is 0. The van der Waals surface area contributed by atoms with Crippen molar-refractivity contribution < 1.29 is 23.9 Å². The van der Waals surface area contributed by atoms with Gasteiger partial charge in [-0.25, -0.2) is 9.59 Å². The first-order valence-electron chi connectivity index (χ1n) is 8.51. The Morgan fingerprint density at radius 3 is 2.65 bits per heavy atom. The summed E-state index contributed by atoms with van der Waals surface area (Å²) in [4.78, 5) is 38.4. The molecule has 136 valence electrons. The largest absolute Gasteiger partial charge is 0.466 e. The lowest BCUT2D eigenvalue weighted by Gasteiger charge is -2.42. The number of hydrogen-bond acceptors (Lipinski definition) is 5. The number of amides is 1. The number of allylic oxidation sites excluding steroid dienone is 1. The zero-order valence-electron chi connectivity index (χ0n) is 14.8. The van der Waals surface area contributed by atoms with Crippen molar-refractivity contribution in [3.8, 4) is 0 Å². The number of carbonyl (C=O) groups excluding carboxylic acids is 3. The maximum Gasteiger partial charge on any atom is 0.411 e. The first-order chi connectivity index (χ1) is 12.5. The molecule has 1 heterocycles. The SMILES string of the molecule is C/C=C1\CN(C(=O)OCc2ccccc2)[C@H]2C[C@@H]1C(C(=O)OC)=CC2=O. The van der Waals surface area contributed by atoms with Crippen LogP contribution in [0.3, 0.4) is 0 Å². The summed E-state index contributed by atoms with van der Waals surface area (Å²) in [5.41, 5.74) is 2.14. The fourth-order valence-corrected chi connectivity index (χ4v) is 3.47. The molecule has 26 heavy (non-hydrogen) atoms. The molecule has 0 spiro atoms. The highest BCUT2D eigenvalue weighted by Crippen LogP contribution is 2.38. The van der Waals surface area contributed by atoms with E-state index >= 15 is 0 Å². The van der Waals surface area contributed by atoms with Gasteiger partial charge in [0.15, 0.2) is 5.78 Å². The van der Waals surface area contributed by atoms with Gasteiger partial charge in [0.25, 0.3) is 0 Å². The second kappa shape index (κ2) is 7.56. The summed E-state index contributed by atoms with van der Waals surface area (Å²) in [6.07, 6.45) is 3.04. The highest BCUT2D eigenvalue weighted by atomic mass is 16.6. The number of carbonyl (C=O) groups is 3. The monoisotopic (exact) mass is 355 g/mol. The molecule has 1 aromatic rings. The lowest BCUT2D eigenvalue weighted by molar-refractivity contribution is -0.137. The summed E-state index contributed by atoms with van der Waals surface area (Å²) >= 11 is 0. The van der Waals surface area contributed by atoms with E-state index in [0.717, 1.165) is 11.1 Å². The van der Waals surface area contributed by atoms with Gasteiger partial charge >= 0.3 is 12.1 Å². The summed E-state index contributed by atoms with van der Waals surface area (Å²) in [6, 6.07) is 8.76. The number of esters is 1. The van der Waals surface area contributed by atoms with E-state index in [-0.39, 0.29) is 24.9 Å². The van der Waals surface area contributed by atoms with Gasteiger partial charge < -0.3 is 9.47 Å². The topological polar surface area (TPSA) is 72.9 Å².